The van der Waals surface area contributed by atoms with Crippen LogP contribution in [0.1, 0.15) is 248 Å². The van der Waals surface area contributed by atoms with Gasteiger partial charge in [0, 0.05) is 74.4 Å². The van der Waals surface area contributed by atoms with Crippen LogP contribution in [0.4, 0.5) is 22.0 Å². The van der Waals surface area contributed by atoms with Gasteiger partial charge in [0.1, 0.15) is 101 Å². The predicted octanol–water partition coefficient (Wildman–Crippen LogP) is 17.3. The van der Waals surface area contributed by atoms with E-state index in [0.717, 1.165) is 134 Å². The van der Waals surface area contributed by atoms with Gasteiger partial charge in [-0.25, -0.2) is 51.9 Å². The van der Waals surface area contributed by atoms with E-state index in [4.69, 9.17) is 0 Å². The van der Waals surface area contributed by atoms with E-state index >= 15 is 0 Å². The van der Waals surface area contributed by atoms with Crippen molar-refractivity contribution < 1.29 is 52.6 Å². The van der Waals surface area contributed by atoms with Gasteiger partial charge >= 0.3 is 0 Å². The number of rotatable bonds is 21. The summed E-state index contributed by atoms with van der Waals surface area (Å²) >= 11 is 0. The van der Waals surface area contributed by atoms with Gasteiger partial charge in [-0.3, -0.25) is 0 Å². The van der Waals surface area contributed by atoms with Gasteiger partial charge < -0.3 is 60.5 Å². The van der Waals surface area contributed by atoms with Crippen LogP contribution in [0, 0.1) is 29.1 Å². The van der Waals surface area contributed by atoms with Crippen molar-refractivity contribution in [2.24, 2.45) is 0 Å². The monoisotopic (exact) mass is 1460 g/mol. The van der Waals surface area contributed by atoms with Crippen LogP contribution in [0.5, 0.6) is 0 Å². The van der Waals surface area contributed by atoms with Crippen molar-refractivity contribution in [3.63, 3.8) is 0 Å². The normalized spacial score (nSPS) is 14.9. The first-order valence-electron chi connectivity index (χ1n) is 36.5. The third-order valence-corrected chi connectivity index (χ3v) is 18.9. The van der Waals surface area contributed by atoms with Crippen LogP contribution in [-0.4, -0.2) is 90.4 Å². The summed E-state index contributed by atoms with van der Waals surface area (Å²) in [4.78, 5) is 41.7. The number of aryl methyl sites for hydroxylation is 3. The fourth-order valence-corrected chi connectivity index (χ4v) is 13.7. The summed E-state index contributed by atoms with van der Waals surface area (Å²) in [7, 11) is 0. The number of aromatic nitrogens is 12. The maximum Gasteiger partial charge on any atom is 0.139 e. The first-order chi connectivity index (χ1) is 52.0. The number of H-pyrrole nitrogens is 6. The Balaban J connectivity index is 0.000000137. The molecule has 3 aliphatic carbocycles. The summed E-state index contributed by atoms with van der Waals surface area (Å²) in [5, 5.41) is 61.7. The molecule has 4 unspecified atom stereocenters. The summed E-state index contributed by atoms with van der Waals surface area (Å²) < 4.78 is 66.5. The number of imidazole rings is 6. The van der Waals surface area contributed by atoms with Crippen LogP contribution < -0.4 is 0 Å². The Hall–Kier alpha value is -10.5. The summed E-state index contributed by atoms with van der Waals surface area (Å²) in [5.74, 6) is 2.04. The third-order valence-electron chi connectivity index (χ3n) is 18.9. The van der Waals surface area contributed by atoms with E-state index in [1.807, 2.05) is 39.0 Å². The first kappa shape index (κ1) is 79.0. The van der Waals surface area contributed by atoms with Crippen LogP contribution in [-0.2, 0) is 19.3 Å². The smallest absolute Gasteiger partial charge is 0.139 e. The Bertz CT molecular complexity index is 4460. The number of nitrogens with one attached hydrogen (secondary N) is 6. The molecule has 560 valence electrons. The number of hydrogen-bond acceptors (Lipinski definition) is 12. The number of benzene rings is 6. The van der Waals surface area contributed by atoms with Crippen molar-refractivity contribution in [1.29, 1.82) is 0 Å². The molecule has 0 bridgehead atoms. The first-order valence-corrected chi connectivity index (χ1v) is 36.5. The highest BCUT2D eigenvalue weighted by Crippen LogP contribution is 2.40. The molecule has 18 nitrogen and oxygen atoms in total. The van der Waals surface area contributed by atoms with Crippen molar-refractivity contribution in [1.82, 2.24) is 59.8 Å². The minimum absolute atomic E-state index is 0.239. The molecule has 0 amide bonds. The number of aliphatic hydroxyl groups excluding tert-OH is 6. The van der Waals surface area contributed by atoms with Gasteiger partial charge in [-0.05, 0) is 215 Å². The zero-order valence-corrected chi connectivity index (χ0v) is 60.2. The van der Waals surface area contributed by atoms with Crippen LogP contribution in [0.15, 0.2) is 202 Å². The lowest BCUT2D eigenvalue weighted by Gasteiger charge is -2.18. The molecule has 3 aliphatic rings. The van der Waals surface area contributed by atoms with E-state index in [2.05, 4.69) is 78.0 Å². The average Bonchev–Trinajstić information content (AvgIpc) is 1.79. The van der Waals surface area contributed by atoms with Gasteiger partial charge in [0.2, 0.25) is 0 Å². The fourth-order valence-electron chi connectivity index (χ4n) is 13.7. The highest BCUT2D eigenvalue weighted by molar-refractivity contribution is 5.71. The van der Waals surface area contributed by atoms with Crippen molar-refractivity contribution in [2.75, 3.05) is 0 Å². The number of hydrogen-bond donors (Lipinski definition) is 12. The second-order valence-electron chi connectivity index (χ2n) is 26.4. The van der Waals surface area contributed by atoms with Gasteiger partial charge in [0.25, 0.3) is 0 Å². The van der Waals surface area contributed by atoms with E-state index in [0.29, 0.717) is 63.1 Å². The Labute approximate surface area is 619 Å². The van der Waals surface area contributed by atoms with E-state index in [-0.39, 0.29) is 29.1 Å². The molecule has 6 aromatic carbocycles. The maximum absolute atomic E-state index is 13.5. The van der Waals surface area contributed by atoms with Crippen molar-refractivity contribution in [2.45, 2.75) is 166 Å². The van der Waals surface area contributed by atoms with Crippen LogP contribution in [0.3, 0.4) is 0 Å². The van der Waals surface area contributed by atoms with Gasteiger partial charge in [-0.1, -0.05) is 120 Å². The molecule has 0 spiro atoms. The number of allylic oxidation sites excluding steroid dienone is 4. The lowest BCUT2D eigenvalue weighted by molar-refractivity contribution is 0.209. The van der Waals surface area contributed by atoms with E-state index in [1.54, 1.807) is 111 Å². The van der Waals surface area contributed by atoms with E-state index in [9.17, 15) is 52.6 Å². The molecular weight excluding hydrogens is 1370 g/mol. The molecule has 23 heteroatoms. The lowest BCUT2D eigenvalue weighted by Crippen LogP contribution is -2.08. The second-order valence-corrected chi connectivity index (χ2v) is 26.4. The summed E-state index contributed by atoms with van der Waals surface area (Å²) in [6, 6.07) is 30.6. The molecule has 1 fully saturated rings. The molecule has 6 atom stereocenters. The Kier molecular flexibility index (Phi) is 29.3. The largest absolute Gasteiger partial charge is 0.380 e. The molecule has 0 aliphatic heterocycles. The molecule has 0 saturated heterocycles. The van der Waals surface area contributed by atoms with Crippen molar-refractivity contribution >= 4 is 11.1 Å². The number of aromatic amines is 6. The highest BCUT2D eigenvalue weighted by atomic mass is 19.1. The molecule has 12 aromatic rings. The molecule has 107 heavy (non-hydrogen) atoms. The molecule has 6 aromatic heterocycles. The van der Waals surface area contributed by atoms with Gasteiger partial charge in [-0.2, -0.15) is 0 Å². The Morgan fingerprint density at radius 1 is 0.346 bits per heavy atom. The van der Waals surface area contributed by atoms with E-state index in [1.165, 1.54) is 79.4 Å². The molecule has 12 N–H and O–H groups in total. The zero-order valence-electron chi connectivity index (χ0n) is 60.2. The summed E-state index contributed by atoms with van der Waals surface area (Å²) in [6.45, 7) is 6.07. The summed E-state index contributed by atoms with van der Waals surface area (Å²) in [6.07, 6.45) is 35.1. The quantitative estimate of drug-likeness (QED) is 0.0299. The minimum atomic E-state index is -0.855. The number of halogens is 5. The SMILES string of the molecule is CCCc1cc(F)ccc1C(O)c1ncc[nH]1.CCCc1cc(F)ccc1[C@@H](O)c1ncc[nH]1.CCCc1cc(F)ccc1[C@H](O)c1ncc[nH]1.OC(c1ncc[nH]1)c1ccc(F)cc1C1=CCCC1.OC(c1ncc[nH]1)c1ccc(F)cc1C1CCCC1.OC(c1ncc[nH]1)c1ccccc1C1=CCCC1. The van der Waals surface area contributed by atoms with Gasteiger partial charge in [-0.15, -0.1) is 0 Å². The van der Waals surface area contributed by atoms with Crippen molar-refractivity contribution in [3.05, 3.63) is 333 Å². The molecule has 6 heterocycles. The predicted molar refractivity (Wildman–Crippen MR) is 401 cm³/mol. The number of aliphatic hydroxyl groups is 6. The maximum atomic E-state index is 13.5. The second kappa shape index (κ2) is 39.7. The zero-order chi connectivity index (χ0) is 75.6. The standard InChI is InChI=1S/C15H17FN2O.C15H15FN2O.C15H16N2O.3C13H15FN2O/c2*16-11-5-6-12(14(19)15-17-7-8-18-15)13(9-11)10-3-1-2-4-10;18-14(15-16-9-10-17-15)13-8-4-3-7-12(13)11-5-1-2-6-11;3*1-2-3-9-8-10(14)4-5-11(9)12(17)13-15-6-7-16-13/h5-10,14,19H,1-4H2,(H,17,18);3,5-9,14,19H,1-2,4H2,(H,17,18);3-5,7-10,14,18H,1-2,6H2,(H,16,17);3*4-8,12,17H,2-3H2,1H3,(H,15,16)/t;;;2*12-;/m...10./s1. The Morgan fingerprint density at radius 3 is 0.981 bits per heavy atom. The van der Waals surface area contributed by atoms with E-state index < -0.39 is 36.6 Å². The molecular formula is C84H93F5N12O6. The molecule has 0 radical (unpaired) electrons. The van der Waals surface area contributed by atoms with Gasteiger partial charge in [0.15, 0.2) is 0 Å². The molecule has 15 rings (SSSR count). The van der Waals surface area contributed by atoms with Crippen LogP contribution >= 0.6 is 0 Å². The Morgan fingerprint density at radius 2 is 0.645 bits per heavy atom. The van der Waals surface area contributed by atoms with Gasteiger partial charge in [0.05, 0.1) is 0 Å². The summed E-state index contributed by atoms with van der Waals surface area (Å²) in [5.41, 5.74) is 12.4. The van der Waals surface area contributed by atoms with Crippen LogP contribution in [0.2, 0.25) is 0 Å². The highest BCUT2D eigenvalue weighted by Gasteiger charge is 2.27. The minimum Gasteiger partial charge on any atom is -0.380 e. The average molecular weight is 1460 g/mol. The molecule has 1 saturated carbocycles. The fraction of sp³-hybridized carbons (Fsp3) is 0.310. The number of nitrogens with zero attached hydrogens (tertiary/aromatic N) is 6. The van der Waals surface area contributed by atoms with Crippen molar-refractivity contribution in [3.8, 4) is 0 Å². The lowest BCUT2D eigenvalue weighted by atomic mass is 9.90. The topological polar surface area (TPSA) is 293 Å². The third kappa shape index (κ3) is 21.4. The van der Waals surface area contributed by atoms with Crippen LogP contribution in [0.25, 0.3) is 11.1 Å².